The molecule has 0 aromatic carbocycles. The van der Waals surface area contributed by atoms with Gasteiger partial charge < -0.3 is 19.4 Å². The van der Waals surface area contributed by atoms with Gasteiger partial charge in [0.05, 0.1) is 18.9 Å². The highest BCUT2D eigenvalue weighted by Crippen LogP contribution is 2.28. The number of nitrogens with zero attached hydrogens (tertiary/aromatic N) is 2. The minimum Gasteiger partial charge on any atom is -0.469 e. The highest BCUT2D eigenvalue weighted by atomic mass is 16.5. The van der Waals surface area contributed by atoms with Crippen molar-refractivity contribution >= 4 is 5.96 Å². The zero-order valence-electron chi connectivity index (χ0n) is 14.7. The van der Waals surface area contributed by atoms with Crippen molar-refractivity contribution in [2.45, 2.75) is 38.7 Å². The molecule has 0 bridgehead atoms. The molecule has 2 saturated heterocycles. The molecule has 5 heteroatoms. The Morgan fingerprint density at radius 2 is 2.38 bits per heavy atom. The molecule has 1 N–H and O–H groups in total. The molecule has 3 heterocycles. The van der Waals surface area contributed by atoms with Crippen molar-refractivity contribution < 1.29 is 9.15 Å². The number of hydrogen-bond acceptors (Lipinski definition) is 3. The van der Waals surface area contributed by atoms with Gasteiger partial charge in [-0.25, -0.2) is 4.99 Å². The quantitative estimate of drug-likeness (QED) is 0.512. The Labute approximate surface area is 144 Å². The van der Waals surface area contributed by atoms with Crippen LogP contribution < -0.4 is 5.32 Å². The van der Waals surface area contributed by atoms with Crippen molar-refractivity contribution in [3.8, 4) is 0 Å². The standard InChI is InChI=1S/C19H29N3O2/c1-15(2)13-21-19(20-9-7-17-6-4-11-23-17)22-10-8-18-16(14-22)5-3-12-24-18/h4,6,11,16,18H,1,3,5,7-10,12-14H2,2H3,(H,20,21). The number of ether oxygens (including phenoxy) is 1. The van der Waals surface area contributed by atoms with Crippen molar-refractivity contribution in [1.82, 2.24) is 10.2 Å². The molecule has 3 rings (SSSR count). The summed E-state index contributed by atoms with van der Waals surface area (Å²) in [5.41, 5.74) is 1.08. The molecule has 0 saturated carbocycles. The fourth-order valence-electron chi connectivity index (χ4n) is 3.51. The van der Waals surface area contributed by atoms with Crippen molar-refractivity contribution in [2.24, 2.45) is 10.9 Å². The van der Waals surface area contributed by atoms with E-state index in [9.17, 15) is 0 Å². The number of rotatable bonds is 5. The number of furan rings is 1. The number of guanidine groups is 1. The van der Waals surface area contributed by atoms with Crippen LogP contribution in [0.1, 0.15) is 31.9 Å². The lowest BCUT2D eigenvalue weighted by atomic mass is 9.88. The minimum absolute atomic E-state index is 0.445. The Balaban J connectivity index is 1.58. The second kappa shape index (κ2) is 8.38. The first-order valence-corrected chi connectivity index (χ1v) is 9.04. The van der Waals surface area contributed by atoms with Crippen molar-refractivity contribution in [3.63, 3.8) is 0 Å². The largest absolute Gasteiger partial charge is 0.469 e. The fourth-order valence-corrected chi connectivity index (χ4v) is 3.51. The van der Waals surface area contributed by atoms with Crippen LogP contribution in [0.15, 0.2) is 40.0 Å². The van der Waals surface area contributed by atoms with E-state index < -0.39 is 0 Å². The van der Waals surface area contributed by atoms with Gasteiger partial charge >= 0.3 is 0 Å². The topological polar surface area (TPSA) is 50.0 Å². The maximum Gasteiger partial charge on any atom is 0.194 e. The van der Waals surface area contributed by atoms with Crippen LogP contribution in [0, 0.1) is 5.92 Å². The van der Waals surface area contributed by atoms with Crippen molar-refractivity contribution in [1.29, 1.82) is 0 Å². The van der Waals surface area contributed by atoms with E-state index >= 15 is 0 Å². The summed E-state index contributed by atoms with van der Waals surface area (Å²) in [7, 11) is 0. The van der Waals surface area contributed by atoms with Crippen LogP contribution in [0.4, 0.5) is 0 Å². The van der Waals surface area contributed by atoms with E-state index in [-0.39, 0.29) is 0 Å². The van der Waals surface area contributed by atoms with Crippen LogP contribution in [0.2, 0.25) is 0 Å². The number of fused-ring (bicyclic) bond motifs is 1. The molecule has 0 spiro atoms. The van der Waals surface area contributed by atoms with Crippen LogP contribution in [-0.2, 0) is 11.2 Å². The van der Waals surface area contributed by atoms with Gasteiger partial charge in [-0.1, -0.05) is 12.2 Å². The molecule has 0 aliphatic carbocycles. The average Bonchev–Trinajstić information content (AvgIpc) is 3.10. The van der Waals surface area contributed by atoms with Gasteiger partial charge in [-0.2, -0.15) is 0 Å². The van der Waals surface area contributed by atoms with E-state index in [4.69, 9.17) is 14.1 Å². The molecular formula is C19H29N3O2. The Morgan fingerprint density at radius 3 is 3.17 bits per heavy atom. The summed E-state index contributed by atoms with van der Waals surface area (Å²) in [6, 6.07) is 3.94. The summed E-state index contributed by atoms with van der Waals surface area (Å²) < 4.78 is 11.3. The molecule has 24 heavy (non-hydrogen) atoms. The predicted octanol–water partition coefficient (Wildman–Crippen LogP) is 2.84. The minimum atomic E-state index is 0.445. The third-order valence-electron chi connectivity index (χ3n) is 4.75. The molecule has 0 amide bonds. The first kappa shape index (κ1) is 17.1. The molecule has 0 radical (unpaired) electrons. The lowest BCUT2D eigenvalue weighted by Crippen LogP contribution is -2.52. The zero-order valence-corrected chi connectivity index (χ0v) is 14.7. The van der Waals surface area contributed by atoms with Gasteiger partial charge in [0.2, 0.25) is 0 Å². The van der Waals surface area contributed by atoms with Crippen LogP contribution in [0.3, 0.4) is 0 Å². The number of likely N-dealkylation sites (tertiary alicyclic amines) is 1. The second-order valence-electron chi connectivity index (χ2n) is 6.90. The van der Waals surface area contributed by atoms with E-state index in [1.807, 2.05) is 19.1 Å². The second-order valence-corrected chi connectivity index (χ2v) is 6.90. The molecule has 1 aromatic heterocycles. The molecule has 2 aliphatic rings. The van der Waals surface area contributed by atoms with E-state index in [0.717, 1.165) is 56.4 Å². The summed E-state index contributed by atoms with van der Waals surface area (Å²) >= 11 is 0. The lowest BCUT2D eigenvalue weighted by Gasteiger charge is -2.42. The maximum atomic E-state index is 5.92. The molecule has 5 nitrogen and oxygen atoms in total. The van der Waals surface area contributed by atoms with Gasteiger partial charge in [0.25, 0.3) is 0 Å². The Hall–Kier alpha value is -1.75. The van der Waals surface area contributed by atoms with Gasteiger partial charge in [-0.05, 0) is 38.3 Å². The highest BCUT2D eigenvalue weighted by molar-refractivity contribution is 5.80. The van der Waals surface area contributed by atoms with E-state index in [0.29, 0.717) is 18.6 Å². The van der Waals surface area contributed by atoms with Crippen molar-refractivity contribution in [3.05, 3.63) is 36.3 Å². The summed E-state index contributed by atoms with van der Waals surface area (Å²) in [6.07, 6.45) is 6.57. The number of piperidine rings is 1. The first-order chi connectivity index (χ1) is 11.7. The van der Waals surface area contributed by atoms with E-state index in [1.54, 1.807) is 6.26 Å². The normalized spacial score (nSPS) is 24.5. The van der Waals surface area contributed by atoms with Gasteiger partial charge in [0.1, 0.15) is 5.76 Å². The lowest BCUT2D eigenvalue weighted by molar-refractivity contribution is -0.0559. The number of hydrogen-bond donors (Lipinski definition) is 1. The highest BCUT2D eigenvalue weighted by Gasteiger charge is 2.33. The van der Waals surface area contributed by atoms with E-state index in [2.05, 4.69) is 16.8 Å². The summed E-state index contributed by atoms with van der Waals surface area (Å²) in [6.45, 7) is 10.5. The third-order valence-corrected chi connectivity index (χ3v) is 4.75. The monoisotopic (exact) mass is 331 g/mol. The molecular weight excluding hydrogens is 302 g/mol. The SMILES string of the molecule is C=C(C)CN=C(NCCc1ccco1)N1CCC2OCCCC2C1. The zero-order chi connectivity index (χ0) is 16.8. The van der Waals surface area contributed by atoms with Gasteiger partial charge in [0, 0.05) is 38.6 Å². The molecule has 1 aromatic rings. The fraction of sp³-hybridized carbons (Fsp3) is 0.632. The third kappa shape index (κ3) is 4.63. The van der Waals surface area contributed by atoms with Crippen LogP contribution in [0.25, 0.3) is 0 Å². The molecule has 2 unspecified atom stereocenters. The van der Waals surface area contributed by atoms with Crippen molar-refractivity contribution in [2.75, 3.05) is 32.8 Å². The van der Waals surface area contributed by atoms with Crippen LogP contribution in [-0.4, -0.2) is 49.7 Å². The van der Waals surface area contributed by atoms with E-state index in [1.165, 1.54) is 12.8 Å². The molecule has 2 atom stereocenters. The maximum absolute atomic E-state index is 5.92. The molecule has 132 valence electrons. The Morgan fingerprint density at radius 1 is 1.46 bits per heavy atom. The predicted molar refractivity (Wildman–Crippen MR) is 96.2 cm³/mol. The van der Waals surface area contributed by atoms with Gasteiger partial charge in [0.15, 0.2) is 5.96 Å². The number of aliphatic imine (C=N–C) groups is 1. The Bertz CT molecular complexity index is 553. The van der Waals surface area contributed by atoms with Crippen LogP contribution in [0.5, 0.6) is 0 Å². The average molecular weight is 331 g/mol. The smallest absolute Gasteiger partial charge is 0.194 e. The summed E-state index contributed by atoms with van der Waals surface area (Å²) in [5, 5.41) is 3.51. The summed E-state index contributed by atoms with van der Waals surface area (Å²) in [5.74, 6) is 2.63. The van der Waals surface area contributed by atoms with Gasteiger partial charge in [-0.15, -0.1) is 0 Å². The summed E-state index contributed by atoms with van der Waals surface area (Å²) in [4.78, 5) is 7.15. The number of nitrogens with one attached hydrogen (secondary N) is 1. The Kier molecular flexibility index (Phi) is 5.96. The van der Waals surface area contributed by atoms with Crippen LogP contribution >= 0.6 is 0 Å². The molecule has 2 fully saturated rings. The molecule has 2 aliphatic heterocycles. The first-order valence-electron chi connectivity index (χ1n) is 9.04. The van der Waals surface area contributed by atoms with Gasteiger partial charge in [-0.3, -0.25) is 0 Å².